The van der Waals surface area contributed by atoms with Crippen LogP contribution in [0.2, 0.25) is 0 Å². The van der Waals surface area contributed by atoms with Crippen LogP contribution in [-0.2, 0) is 19.0 Å². The number of ketones is 1. The minimum absolute atomic E-state index is 0.130. The highest BCUT2D eigenvalue weighted by molar-refractivity contribution is 5.90. The summed E-state index contributed by atoms with van der Waals surface area (Å²) in [7, 11) is 1.60. The zero-order valence-electron chi connectivity index (χ0n) is 12.2. The van der Waals surface area contributed by atoms with Crippen molar-refractivity contribution in [1.29, 1.82) is 0 Å². The average Bonchev–Trinajstić information content (AvgIpc) is 2.91. The van der Waals surface area contributed by atoms with Gasteiger partial charge in [0, 0.05) is 0 Å². The summed E-state index contributed by atoms with van der Waals surface area (Å²) < 4.78 is 27.2. The number of rotatable bonds is 4. The molecule has 2 heterocycles. The van der Waals surface area contributed by atoms with Gasteiger partial charge in [-0.25, -0.2) is 0 Å². The maximum absolute atomic E-state index is 12.2. The second-order valence-electron chi connectivity index (χ2n) is 5.44. The SMILES string of the molecule is COc1ccc(OC[C@H]2O[C@H]3OC(C)(C)O[C@H]3C2=O)cc1. The maximum atomic E-state index is 12.2. The number of carbonyl (C=O) groups is 1. The van der Waals surface area contributed by atoms with Crippen LogP contribution in [0.5, 0.6) is 11.5 Å². The lowest BCUT2D eigenvalue weighted by atomic mass is 10.2. The molecule has 3 rings (SSSR count). The molecule has 6 heteroatoms. The first kappa shape index (κ1) is 14.3. The van der Waals surface area contributed by atoms with E-state index < -0.39 is 24.3 Å². The van der Waals surface area contributed by atoms with E-state index in [4.69, 9.17) is 23.7 Å². The van der Waals surface area contributed by atoms with Gasteiger partial charge < -0.3 is 23.7 Å². The van der Waals surface area contributed by atoms with Crippen LogP contribution in [0.4, 0.5) is 0 Å². The van der Waals surface area contributed by atoms with Gasteiger partial charge in [-0.15, -0.1) is 0 Å². The molecule has 3 atom stereocenters. The maximum Gasteiger partial charge on any atom is 0.199 e. The molecule has 2 saturated heterocycles. The molecule has 2 fully saturated rings. The highest BCUT2D eigenvalue weighted by atomic mass is 16.8. The molecular weight excluding hydrogens is 276 g/mol. The van der Waals surface area contributed by atoms with Crippen molar-refractivity contribution < 1.29 is 28.5 Å². The third kappa shape index (κ3) is 2.88. The smallest absolute Gasteiger partial charge is 0.199 e. The Balaban J connectivity index is 1.56. The molecular formula is C15H18O6. The van der Waals surface area contributed by atoms with Gasteiger partial charge in [0.15, 0.2) is 30.1 Å². The Morgan fingerprint density at radius 2 is 1.81 bits per heavy atom. The number of fused-ring (bicyclic) bond motifs is 1. The molecule has 0 radical (unpaired) electrons. The number of Topliss-reactive ketones (excluding diaryl/α,β-unsaturated/α-hetero) is 1. The Morgan fingerprint density at radius 3 is 2.43 bits per heavy atom. The molecule has 0 saturated carbocycles. The van der Waals surface area contributed by atoms with E-state index >= 15 is 0 Å². The highest BCUT2D eigenvalue weighted by Gasteiger charge is 2.54. The van der Waals surface area contributed by atoms with Crippen molar-refractivity contribution in [1.82, 2.24) is 0 Å². The molecule has 0 aliphatic carbocycles. The molecule has 0 spiro atoms. The number of methoxy groups -OCH3 is 1. The fraction of sp³-hybridized carbons (Fsp3) is 0.533. The Kier molecular flexibility index (Phi) is 3.61. The second kappa shape index (κ2) is 5.29. The standard InChI is InChI=1S/C15H18O6/c1-15(2)20-13-12(16)11(19-14(13)21-15)8-18-10-6-4-9(17-3)5-7-10/h4-7,11,13-14H,8H2,1-3H3/t11-,13+,14+/m1/s1. The van der Waals surface area contributed by atoms with Gasteiger partial charge in [-0.2, -0.15) is 0 Å². The van der Waals surface area contributed by atoms with Crippen molar-refractivity contribution in [3.05, 3.63) is 24.3 Å². The molecule has 2 aliphatic rings. The molecule has 0 bridgehead atoms. The monoisotopic (exact) mass is 294 g/mol. The van der Waals surface area contributed by atoms with Crippen LogP contribution < -0.4 is 9.47 Å². The predicted molar refractivity (Wildman–Crippen MR) is 72.2 cm³/mol. The summed E-state index contributed by atoms with van der Waals surface area (Å²) in [5, 5.41) is 0. The van der Waals surface area contributed by atoms with Gasteiger partial charge >= 0.3 is 0 Å². The van der Waals surface area contributed by atoms with Crippen molar-refractivity contribution in [3.63, 3.8) is 0 Å². The molecule has 0 unspecified atom stereocenters. The van der Waals surface area contributed by atoms with Crippen LogP contribution in [-0.4, -0.2) is 43.8 Å². The van der Waals surface area contributed by atoms with Crippen LogP contribution >= 0.6 is 0 Å². The molecule has 1 aromatic rings. The molecule has 0 aromatic heterocycles. The van der Waals surface area contributed by atoms with Crippen LogP contribution in [0.3, 0.4) is 0 Å². The van der Waals surface area contributed by atoms with E-state index in [1.165, 1.54) is 0 Å². The predicted octanol–water partition coefficient (Wildman–Crippen LogP) is 1.52. The van der Waals surface area contributed by atoms with E-state index in [1.54, 1.807) is 45.2 Å². The summed E-state index contributed by atoms with van der Waals surface area (Å²) in [6.07, 6.45) is -1.97. The van der Waals surface area contributed by atoms with Gasteiger partial charge in [-0.3, -0.25) is 4.79 Å². The molecule has 0 amide bonds. The third-order valence-electron chi connectivity index (χ3n) is 3.41. The zero-order valence-corrected chi connectivity index (χ0v) is 12.2. The summed E-state index contributed by atoms with van der Waals surface area (Å²) >= 11 is 0. The number of hydrogen-bond donors (Lipinski definition) is 0. The van der Waals surface area contributed by atoms with Crippen molar-refractivity contribution in [3.8, 4) is 11.5 Å². The normalized spacial score (nSPS) is 30.2. The lowest BCUT2D eigenvalue weighted by Crippen LogP contribution is -2.33. The first-order valence-electron chi connectivity index (χ1n) is 6.80. The average molecular weight is 294 g/mol. The van der Waals surface area contributed by atoms with Gasteiger partial charge in [-0.05, 0) is 38.1 Å². The summed E-state index contributed by atoms with van der Waals surface area (Å²) in [5.41, 5.74) is 0. The number of benzene rings is 1. The lowest BCUT2D eigenvalue weighted by molar-refractivity contribution is -0.206. The summed E-state index contributed by atoms with van der Waals surface area (Å²) in [5.74, 6) is 0.465. The van der Waals surface area contributed by atoms with E-state index in [2.05, 4.69) is 0 Å². The fourth-order valence-electron chi connectivity index (χ4n) is 2.40. The van der Waals surface area contributed by atoms with E-state index in [0.29, 0.717) is 5.75 Å². The molecule has 114 valence electrons. The first-order valence-corrected chi connectivity index (χ1v) is 6.80. The molecule has 21 heavy (non-hydrogen) atoms. The minimum Gasteiger partial charge on any atom is -0.497 e. The van der Waals surface area contributed by atoms with Crippen LogP contribution in [0.25, 0.3) is 0 Å². The Morgan fingerprint density at radius 1 is 1.14 bits per heavy atom. The van der Waals surface area contributed by atoms with E-state index in [-0.39, 0.29) is 12.4 Å². The van der Waals surface area contributed by atoms with Crippen LogP contribution in [0.15, 0.2) is 24.3 Å². The Hall–Kier alpha value is -1.63. The summed E-state index contributed by atoms with van der Waals surface area (Å²) in [4.78, 5) is 12.2. The van der Waals surface area contributed by atoms with Crippen molar-refractivity contribution in [2.24, 2.45) is 0 Å². The van der Waals surface area contributed by atoms with Gasteiger partial charge in [-0.1, -0.05) is 0 Å². The van der Waals surface area contributed by atoms with Gasteiger partial charge in [0.05, 0.1) is 7.11 Å². The third-order valence-corrected chi connectivity index (χ3v) is 3.41. The first-order chi connectivity index (χ1) is 9.98. The van der Waals surface area contributed by atoms with Crippen molar-refractivity contribution in [2.45, 2.75) is 38.1 Å². The van der Waals surface area contributed by atoms with Gasteiger partial charge in [0.2, 0.25) is 0 Å². The molecule has 6 nitrogen and oxygen atoms in total. The van der Waals surface area contributed by atoms with Crippen molar-refractivity contribution >= 4 is 5.78 Å². The van der Waals surface area contributed by atoms with Crippen LogP contribution in [0, 0.1) is 0 Å². The Labute approximate surface area is 122 Å². The number of hydrogen-bond acceptors (Lipinski definition) is 6. The molecule has 2 aliphatic heterocycles. The number of carbonyl (C=O) groups excluding carboxylic acids is 1. The molecule has 0 N–H and O–H groups in total. The highest BCUT2D eigenvalue weighted by Crippen LogP contribution is 2.35. The van der Waals surface area contributed by atoms with E-state index in [0.717, 1.165) is 5.75 Å². The lowest BCUT2D eigenvalue weighted by Gasteiger charge is -2.20. The summed E-state index contributed by atoms with van der Waals surface area (Å²) in [6.45, 7) is 3.64. The van der Waals surface area contributed by atoms with Crippen LogP contribution in [0.1, 0.15) is 13.8 Å². The number of ether oxygens (including phenoxy) is 5. The molecule has 1 aromatic carbocycles. The quantitative estimate of drug-likeness (QED) is 0.839. The van der Waals surface area contributed by atoms with E-state index in [1.807, 2.05) is 0 Å². The van der Waals surface area contributed by atoms with E-state index in [9.17, 15) is 4.79 Å². The topological polar surface area (TPSA) is 63.2 Å². The van der Waals surface area contributed by atoms with Gasteiger partial charge in [0.25, 0.3) is 0 Å². The Bertz CT molecular complexity index is 523. The summed E-state index contributed by atoms with van der Waals surface area (Å²) in [6, 6.07) is 7.12. The minimum atomic E-state index is -0.785. The van der Waals surface area contributed by atoms with Gasteiger partial charge in [0.1, 0.15) is 18.1 Å². The largest absolute Gasteiger partial charge is 0.497 e. The zero-order chi connectivity index (χ0) is 15.0. The fourth-order valence-corrected chi connectivity index (χ4v) is 2.40. The van der Waals surface area contributed by atoms with Crippen molar-refractivity contribution in [2.75, 3.05) is 13.7 Å². The second-order valence-corrected chi connectivity index (χ2v) is 5.44.